The van der Waals surface area contributed by atoms with Gasteiger partial charge in [-0.3, -0.25) is 0 Å². The number of rotatable bonds is 3. The number of hydrogen-bond acceptors (Lipinski definition) is 3. The topological polar surface area (TPSA) is 62.2 Å². The van der Waals surface area contributed by atoms with Crippen molar-refractivity contribution in [2.45, 2.75) is 44.3 Å². The van der Waals surface area contributed by atoms with Crippen LogP contribution in [0.5, 0.6) is 0 Å². The minimum absolute atomic E-state index is 0.0543. The minimum Gasteiger partial charge on any atom is -0.480 e. The molecule has 1 aliphatic rings. The normalized spacial score (nSPS) is 26.4. The van der Waals surface area contributed by atoms with Crippen LogP contribution in [0.4, 0.5) is 19.0 Å². The first-order chi connectivity index (χ1) is 9.73. The van der Waals surface area contributed by atoms with Crippen LogP contribution >= 0.6 is 0 Å². The molecule has 0 spiro atoms. The van der Waals surface area contributed by atoms with Crippen LogP contribution in [0.2, 0.25) is 0 Å². The summed E-state index contributed by atoms with van der Waals surface area (Å²) in [5, 5.41) is 12.2. The van der Waals surface area contributed by atoms with Crippen molar-refractivity contribution in [3.8, 4) is 0 Å². The molecule has 1 aliphatic carbocycles. The summed E-state index contributed by atoms with van der Waals surface area (Å²) in [5.41, 5.74) is -2.27. The third-order valence-electron chi connectivity index (χ3n) is 3.81. The molecule has 0 bridgehead atoms. The molecule has 0 aromatic carbocycles. The lowest BCUT2D eigenvalue weighted by Crippen LogP contribution is -2.49. The molecule has 0 radical (unpaired) electrons. The van der Waals surface area contributed by atoms with Crippen molar-refractivity contribution in [3.63, 3.8) is 0 Å². The van der Waals surface area contributed by atoms with E-state index in [1.54, 1.807) is 0 Å². The first-order valence-corrected chi connectivity index (χ1v) is 6.79. The van der Waals surface area contributed by atoms with Gasteiger partial charge in [0, 0.05) is 0 Å². The highest BCUT2D eigenvalue weighted by Gasteiger charge is 2.42. The van der Waals surface area contributed by atoms with Gasteiger partial charge in [-0.15, -0.1) is 0 Å². The van der Waals surface area contributed by atoms with Gasteiger partial charge in [0.1, 0.15) is 17.1 Å². The van der Waals surface area contributed by atoms with Crippen molar-refractivity contribution in [1.82, 2.24) is 4.98 Å². The molecule has 2 unspecified atom stereocenters. The maximum absolute atomic E-state index is 12.7. The second-order valence-electron chi connectivity index (χ2n) is 5.62. The number of pyridine rings is 1. The van der Waals surface area contributed by atoms with E-state index in [9.17, 15) is 23.1 Å². The van der Waals surface area contributed by atoms with E-state index < -0.39 is 23.4 Å². The molecule has 1 saturated carbocycles. The number of anilines is 1. The first-order valence-electron chi connectivity index (χ1n) is 6.79. The number of carboxylic acid groups (broad SMARTS) is 1. The van der Waals surface area contributed by atoms with Gasteiger partial charge >= 0.3 is 12.1 Å². The Labute approximate surface area is 120 Å². The van der Waals surface area contributed by atoms with Crippen LogP contribution in [0.1, 0.15) is 38.3 Å². The summed E-state index contributed by atoms with van der Waals surface area (Å²) in [7, 11) is 0. The summed E-state index contributed by atoms with van der Waals surface area (Å²) in [6.07, 6.45) is -2.15. The molecule has 1 aromatic heterocycles. The lowest BCUT2D eigenvalue weighted by atomic mass is 9.76. The highest BCUT2D eigenvalue weighted by atomic mass is 19.4. The monoisotopic (exact) mass is 302 g/mol. The summed E-state index contributed by atoms with van der Waals surface area (Å²) in [6, 6.07) is 3.45. The summed E-state index contributed by atoms with van der Waals surface area (Å²) in [5.74, 6) is -0.900. The predicted octanol–water partition coefficient (Wildman–Crippen LogP) is 3.55. The molecule has 1 aromatic rings. The van der Waals surface area contributed by atoms with Crippen LogP contribution in [0.3, 0.4) is 0 Å². The van der Waals surface area contributed by atoms with Gasteiger partial charge in [0.15, 0.2) is 0 Å². The summed E-state index contributed by atoms with van der Waals surface area (Å²) >= 11 is 0. The molecule has 1 fully saturated rings. The van der Waals surface area contributed by atoms with Gasteiger partial charge in [0.25, 0.3) is 0 Å². The zero-order chi connectivity index (χ0) is 15.7. The Hall–Kier alpha value is -1.79. The molecule has 21 heavy (non-hydrogen) atoms. The van der Waals surface area contributed by atoms with Gasteiger partial charge in [-0.25, -0.2) is 9.78 Å². The zero-order valence-corrected chi connectivity index (χ0v) is 11.6. The van der Waals surface area contributed by atoms with Gasteiger partial charge < -0.3 is 10.4 Å². The van der Waals surface area contributed by atoms with Crippen molar-refractivity contribution in [2.24, 2.45) is 5.92 Å². The molecule has 2 rings (SSSR count). The number of halogens is 3. The van der Waals surface area contributed by atoms with Crippen LogP contribution in [0.15, 0.2) is 18.2 Å². The van der Waals surface area contributed by atoms with E-state index in [-0.39, 0.29) is 11.7 Å². The Bertz CT molecular complexity index is 533. The smallest absolute Gasteiger partial charge is 0.433 e. The highest BCUT2D eigenvalue weighted by Crippen LogP contribution is 2.35. The lowest BCUT2D eigenvalue weighted by Gasteiger charge is -2.37. The maximum atomic E-state index is 12.7. The predicted molar refractivity (Wildman–Crippen MR) is 70.9 cm³/mol. The molecule has 0 amide bonds. The fraction of sp³-hybridized carbons (Fsp3) is 0.571. The van der Waals surface area contributed by atoms with Crippen LogP contribution in [-0.4, -0.2) is 21.6 Å². The molecule has 1 heterocycles. The van der Waals surface area contributed by atoms with E-state index in [0.29, 0.717) is 12.8 Å². The maximum Gasteiger partial charge on any atom is 0.433 e. The average Bonchev–Trinajstić information content (AvgIpc) is 2.38. The Morgan fingerprint density at radius 1 is 1.48 bits per heavy atom. The summed E-state index contributed by atoms with van der Waals surface area (Å²) < 4.78 is 38.0. The number of hydrogen-bond donors (Lipinski definition) is 2. The number of nitrogens with one attached hydrogen (secondary N) is 1. The minimum atomic E-state index is -4.55. The van der Waals surface area contributed by atoms with E-state index in [2.05, 4.69) is 10.3 Å². The quantitative estimate of drug-likeness (QED) is 0.896. The van der Waals surface area contributed by atoms with Crippen molar-refractivity contribution < 1.29 is 23.1 Å². The SMILES string of the molecule is CC1CCCC(Nc2cccc(C(F)(F)F)n2)(C(=O)O)C1. The molecule has 4 nitrogen and oxygen atoms in total. The third-order valence-corrected chi connectivity index (χ3v) is 3.81. The Morgan fingerprint density at radius 3 is 2.76 bits per heavy atom. The Morgan fingerprint density at radius 2 is 2.19 bits per heavy atom. The number of carbonyl (C=O) groups is 1. The second kappa shape index (κ2) is 5.54. The Kier molecular flexibility index (Phi) is 4.11. The van der Waals surface area contributed by atoms with Crippen LogP contribution in [0, 0.1) is 5.92 Å². The molecule has 0 aliphatic heterocycles. The van der Waals surface area contributed by atoms with Gasteiger partial charge in [0.05, 0.1) is 0 Å². The van der Waals surface area contributed by atoms with Gasteiger partial charge in [-0.05, 0) is 30.9 Å². The summed E-state index contributed by atoms with van der Waals surface area (Å²) in [4.78, 5) is 15.1. The van der Waals surface area contributed by atoms with Crippen molar-refractivity contribution in [3.05, 3.63) is 23.9 Å². The van der Waals surface area contributed by atoms with E-state index in [0.717, 1.165) is 18.9 Å². The molecule has 2 N–H and O–H groups in total. The van der Waals surface area contributed by atoms with Crippen molar-refractivity contribution in [2.75, 3.05) is 5.32 Å². The van der Waals surface area contributed by atoms with E-state index >= 15 is 0 Å². The van der Waals surface area contributed by atoms with Crippen molar-refractivity contribution in [1.29, 1.82) is 0 Å². The standard InChI is InChI=1S/C14H17F3N2O2/c1-9-4-3-7-13(8-9,12(20)21)19-11-6-2-5-10(18-11)14(15,16)17/h2,5-6,9H,3-4,7-8H2,1H3,(H,18,19)(H,20,21). The number of aliphatic carboxylic acids is 1. The highest BCUT2D eigenvalue weighted by molar-refractivity contribution is 5.82. The van der Waals surface area contributed by atoms with Gasteiger partial charge in [-0.2, -0.15) is 13.2 Å². The summed E-state index contributed by atoms with van der Waals surface area (Å²) in [6.45, 7) is 1.94. The lowest BCUT2D eigenvalue weighted by molar-refractivity contribution is -0.144. The fourth-order valence-corrected chi connectivity index (χ4v) is 2.82. The van der Waals surface area contributed by atoms with E-state index in [4.69, 9.17) is 0 Å². The average molecular weight is 302 g/mol. The Balaban J connectivity index is 2.28. The van der Waals surface area contributed by atoms with Crippen LogP contribution in [0.25, 0.3) is 0 Å². The van der Waals surface area contributed by atoms with E-state index in [1.165, 1.54) is 12.1 Å². The molecular weight excluding hydrogens is 285 g/mol. The van der Waals surface area contributed by atoms with Gasteiger partial charge in [-0.1, -0.05) is 25.8 Å². The second-order valence-corrected chi connectivity index (χ2v) is 5.62. The largest absolute Gasteiger partial charge is 0.480 e. The number of carboxylic acids is 1. The van der Waals surface area contributed by atoms with Crippen LogP contribution in [-0.2, 0) is 11.0 Å². The third kappa shape index (κ3) is 3.46. The van der Waals surface area contributed by atoms with E-state index in [1.807, 2.05) is 6.92 Å². The molecule has 0 saturated heterocycles. The molecule has 2 atom stereocenters. The molecular formula is C14H17F3N2O2. The number of alkyl halides is 3. The van der Waals surface area contributed by atoms with Gasteiger partial charge in [0.2, 0.25) is 0 Å². The van der Waals surface area contributed by atoms with Crippen LogP contribution < -0.4 is 5.32 Å². The molecule has 116 valence electrons. The first kappa shape index (κ1) is 15.6. The number of aromatic nitrogens is 1. The fourth-order valence-electron chi connectivity index (χ4n) is 2.82. The molecule has 7 heteroatoms. The zero-order valence-electron chi connectivity index (χ0n) is 11.6. The van der Waals surface area contributed by atoms with Crippen molar-refractivity contribution >= 4 is 11.8 Å². The number of nitrogens with zero attached hydrogens (tertiary/aromatic N) is 1.